The first kappa shape index (κ1) is 12.6. The standard InChI is InChI=1S/C13H24N4/c1-5-14-8-11-6-7-16(3)13(11)12-9-15-17(4)10(12)2/h9,11,13-14H,5-8H2,1-4H3. The Bertz CT molecular complexity index is 371. The minimum Gasteiger partial charge on any atom is -0.317 e. The molecule has 0 aliphatic carbocycles. The van der Waals surface area contributed by atoms with Crippen LogP contribution in [-0.2, 0) is 7.05 Å². The zero-order chi connectivity index (χ0) is 12.4. The van der Waals surface area contributed by atoms with Gasteiger partial charge in [-0.05, 0) is 45.9 Å². The highest BCUT2D eigenvalue weighted by Gasteiger charge is 2.34. The van der Waals surface area contributed by atoms with Crippen molar-refractivity contribution in [2.45, 2.75) is 26.3 Å². The first-order valence-electron chi connectivity index (χ1n) is 6.54. The Morgan fingerprint density at radius 2 is 2.24 bits per heavy atom. The molecular weight excluding hydrogens is 212 g/mol. The van der Waals surface area contributed by atoms with Gasteiger partial charge in [-0.3, -0.25) is 9.58 Å². The maximum atomic E-state index is 4.38. The van der Waals surface area contributed by atoms with E-state index in [4.69, 9.17) is 0 Å². The average molecular weight is 236 g/mol. The highest BCUT2D eigenvalue weighted by molar-refractivity contribution is 5.22. The third-order valence-electron chi connectivity index (χ3n) is 4.02. The summed E-state index contributed by atoms with van der Waals surface area (Å²) in [6.45, 7) is 7.69. The molecule has 1 fully saturated rings. The first-order chi connectivity index (χ1) is 8.15. The Labute approximate surface area is 104 Å². The molecule has 0 spiro atoms. The summed E-state index contributed by atoms with van der Waals surface area (Å²) < 4.78 is 1.98. The molecule has 2 atom stereocenters. The average Bonchev–Trinajstić information content (AvgIpc) is 2.82. The third-order valence-corrected chi connectivity index (χ3v) is 4.02. The lowest BCUT2D eigenvalue weighted by molar-refractivity contribution is 0.271. The van der Waals surface area contributed by atoms with Crippen molar-refractivity contribution < 1.29 is 0 Å². The number of rotatable bonds is 4. The summed E-state index contributed by atoms with van der Waals surface area (Å²) in [5.41, 5.74) is 2.70. The van der Waals surface area contributed by atoms with Gasteiger partial charge < -0.3 is 5.32 Å². The second-order valence-corrected chi connectivity index (χ2v) is 5.09. The molecule has 1 aromatic heterocycles. The molecule has 96 valence electrons. The molecule has 1 N–H and O–H groups in total. The minimum atomic E-state index is 0.530. The van der Waals surface area contributed by atoms with Crippen molar-refractivity contribution in [2.75, 3.05) is 26.7 Å². The molecule has 2 unspecified atom stereocenters. The maximum absolute atomic E-state index is 4.38. The van der Waals surface area contributed by atoms with Gasteiger partial charge in [0.2, 0.25) is 0 Å². The molecule has 4 heteroatoms. The molecule has 2 rings (SSSR count). The highest BCUT2D eigenvalue weighted by Crippen LogP contribution is 2.36. The van der Waals surface area contributed by atoms with E-state index in [2.05, 4.69) is 36.2 Å². The second kappa shape index (κ2) is 5.19. The molecule has 1 aliphatic rings. The van der Waals surface area contributed by atoms with E-state index in [-0.39, 0.29) is 0 Å². The quantitative estimate of drug-likeness (QED) is 0.856. The van der Waals surface area contributed by atoms with E-state index in [1.165, 1.54) is 24.2 Å². The number of nitrogens with one attached hydrogen (secondary N) is 1. The fourth-order valence-electron chi connectivity index (χ4n) is 2.87. The van der Waals surface area contributed by atoms with Gasteiger partial charge in [-0.25, -0.2) is 0 Å². The van der Waals surface area contributed by atoms with Crippen molar-refractivity contribution in [2.24, 2.45) is 13.0 Å². The van der Waals surface area contributed by atoms with Crippen molar-refractivity contribution in [3.8, 4) is 0 Å². The molecule has 0 amide bonds. The molecule has 1 aromatic rings. The zero-order valence-corrected chi connectivity index (χ0v) is 11.4. The summed E-state index contributed by atoms with van der Waals surface area (Å²) in [6.07, 6.45) is 3.32. The van der Waals surface area contributed by atoms with E-state index in [9.17, 15) is 0 Å². The Morgan fingerprint density at radius 1 is 1.47 bits per heavy atom. The fraction of sp³-hybridized carbons (Fsp3) is 0.769. The minimum absolute atomic E-state index is 0.530. The van der Waals surface area contributed by atoms with E-state index in [1.807, 2.05) is 17.9 Å². The Balaban J connectivity index is 2.18. The summed E-state index contributed by atoms with van der Waals surface area (Å²) in [5, 5.41) is 7.86. The van der Waals surface area contributed by atoms with E-state index in [1.54, 1.807) is 0 Å². The van der Waals surface area contributed by atoms with Crippen molar-refractivity contribution in [1.82, 2.24) is 20.0 Å². The van der Waals surface area contributed by atoms with Crippen LogP contribution in [0.3, 0.4) is 0 Å². The van der Waals surface area contributed by atoms with Crippen LogP contribution < -0.4 is 5.32 Å². The van der Waals surface area contributed by atoms with Crippen LogP contribution in [0.15, 0.2) is 6.20 Å². The van der Waals surface area contributed by atoms with Crippen LogP contribution >= 0.6 is 0 Å². The van der Waals surface area contributed by atoms with Crippen LogP contribution in [0.2, 0.25) is 0 Å². The van der Waals surface area contributed by atoms with E-state index in [0.29, 0.717) is 12.0 Å². The lowest BCUT2D eigenvalue weighted by Gasteiger charge is -2.25. The van der Waals surface area contributed by atoms with Gasteiger partial charge in [0, 0.05) is 24.3 Å². The van der Waals surface area contributed by atoms with Gasteiger partial charge in [0.05, 0.1) is 6.20 Å². The lowest BCUT2D eigenvalue weighted by Crippen LogP contribution is -2.28. The monoisotopic (exact) mass is 236 g/mol. The smallest absolute Gasteiger partial charge is 0.0540 e. The molecule has 0 saturated carbocycles. The maximum Gasteiger partial charge on any atom is 0.0540 e. The normalized spacial score (nSPS) is 25.6. The number of aromatic nitrogens is 2. The molecule has 17 heavy (non-hydrogen) atoms. The summed E-state index contributed by atoms with van der Waals surface area (Å²) in [7, 11) is 4.25. The van der Waals surface area contributed by atoms with Crippen LogP contribution in [-0.4, -0.2) is 41.4 Å². The number of hydrogen-bond donors (Lipinski definition) is 1. The van der Waals surface area contributed by atoms with Crippen LogP contribution in [0.4, 0.5) is 0 Å². The molecule has 2 heterocycles. The molecular formula is C13H24N4. The van der Waals surface area contributed by atoms with Gasteiger partial charge in [0.25, 0.3) is 0 Å². The molecule has 0 bridgehead atoms. The predicted molar refractivity (Wildman–Crippen MR) is 70.0 cm³/mol. The van der Waals surface area contributed by atoms with Crippen molar-refractivity contribution in [1.29, 1.82) is 0 Å². The van der Waals surface area contributed by atoms with Gasteiger partial charge in [-0.15, -0.1) is 0 Å². The van der Waals surface area contributed by atoms with E-state index < -0.39 is 0 Å². The van der Waals surface area contributed by atoms with Crippen molar-refractivity contribution in [3.05, 3.63) is 17.5 Å². The van der Waals surface area contributed by atoms with Crippen molar-refractivity contribution in [3.63, 3.8) is 0 Å². The summed E-state index contributed by atoms with van der Waals surface area (Å²) >= 11 is 0. The molecule has 0 radical (unpaired) electrons. The molecule has 4 nitrogen and oxygen atoms in total. The van der Waals surface area contributed by atoms with Gasteiger partial charge in [-0.2, -0.15) is 5.10 Å². The Kier molecular flexibility index (Phi) is 3.84. The largest absolute Gasteiger partial charge is 0.317 e. The number of nitrogens with zero attached hydrogens (tertiary/aromatic N) is 3. The van der Waals surface area contributed by atoms with E-state index >= 15 is 0 Å². The Morgan fingerprint density at radius 3 is 2.82 bits per heavy atom. The number of likely N-dealkylation sites (tertiary alicyclic amines) is 1. The molecule has 0 aromatic carbocycles. The SMILES string of the molecule is CCNCC1CCN(C)C1c1cnn(C)c1C. The predicted octanol–water partition coefficient (Wildman–Crippen LogP) is 1.33. The summed E-state index contributed by atoms with van der Waals surface area (Å²) in [5.74, 6) is 0.711. The highest BCUT2D eigenvalue weighted by atomic mass is 15.3. The van der Waals surface area contributed by atoms with Crippen LogP contribution in [0.5, 0.6) is 0 Å². The molecule has 1 aliphatic heterocycles. The van der Waals surface area contributed by atoms with Crippen LogP contribution in [0.1, 0.15) is 30.6 Å². The van der Waals surface area contributed by atoms with Gasteiger partial charge >= 0.3 is 0 Å². The summed E-state index contributed by atoms with van der Waals surface area (Å²) in [6, 6.07) is 0.530. The number of hydrogen-bond acceptors (Lipinski definition) is 3. The fourth-order valence-corrected chi connectivity index (χ4v) is 2.87. The third kappa shape index (κ3) is 2.38. The van der Waals surface area contributed by atoms with E-state index in [0.717, 1.165) is 13.1 Å². The lowest BCUT2D eigenvalue weighted by atomic mass is 9.94. The Hall–Kier alpha value is -0.870. The van der Waals surface area contributed by atoms with Gasteiger partial charge in [0.15, 0.2) is 0 Å². The zero-order valence-electron chi connectivity index (χ0n) is 11.4. The first-order valence-corrected chi connectivity index (χ1v) is 6.54. The van der Waals surface area contributed by atoms with Gasteiger partial charge in [-0.1, -0.05) is 6.92 Å². The van der Waals surface area contributed by atoms with Crippen molar-refractivity contribution >= 4 is 0 Å². The topological polar surface area (TPSA) is 33.1 Å². The summed E-state index contributed by atoms with van der Waals surface area (Å²) in [4.78, 5) is 2.46. The van der Waals surface area contributed by atoms with Crippen LogP contribution in [0.25, 0.3) is 0 Å². The number of aryl methyl sites for hydroxylation is 1. The second-order valence-electron chi connectivity index (χ2n) is 5.09. The molecule has 1 saturated heterocycles. The van der Waals surface area contributed by atoms with Gasteiger partial charge in [0.1, 0.15) is 0 Å². The van der Waals surface area contributed by atoms with Crippen LogP contribution in [0, 0.1) is 12.8 Å².